The van der Waals surface area contributed by atoms with E-state index in [4.69, 9.17) is 5.11 Å². The summed E-state index contributed by atoms with van der Waals surface area (Å²) in [5.74, 6) is 0. The van der Waals surface area contributed by atoms with Crippen molar-refractivity contribution in [2.45, 2.75) is 18.7 Å². The van der Waals surface area contributed by atoms with Crippen molar-refractivity contribution >= 4 is 12.3 Å². The van der Waals surface area contributed by atoms with Crippen LogP contribution in [-0.2, 0) is 5.60 Å². The van der Waals surface area contributed by atoms with Crippen LogP contribution in [0.25, 0.3) is 0 Å². The maximum atomic E-state index is 12.2. The molecule has 14 heavy (non-hydrogen) atoms. The normalized spacial score (nSPS) is 16.7. The third kappa shape index (κ3) is 1.85. The summed E-state index contributed by atoms with van der Waals surface area (Å²) in [4.78, 5) is 0. The lowest BCUT2D eigenvalue weighted by atomic mass is 9.99. The van der Waals surface area contributed by atoms with Crippen LogP contribution in [-0.4, -0.2) is 20.5 Å². The summed E-state index contributed by atoms with van der Waals surface area (Å²) in [5, 5.41) is 12.4. The molecule has 0 saturated carbocycles. The Morgan fingerprint density at radius 1 is 1.50 bits per heavy atom. The van der Waals surface area contributed by atoms with E-state index in [1.54, 1.807) is 0 Å². The van der Waals surface area contributed by atoms with Crippen LogP contribution >= 0.6 is 12.3 Å². The average molecular weight is 230 g/mol. The number of rotatable bonds is 2. The highest BCUT2D eigenvalue weighted by atomic mass is 32.2. The van der Waals surface area contributed by atoms with Gasteiger partial charge in [-0.25, -0.2) is 0 Å². The van der Waals surface area contributed by atoms with Crippen molar-refractivity contribution in [2.24, 2.45) is 0 Å². The fraction of sp³-hybridized carbons (Fsp3) is 0.500. The van der Waals surface area contributed by atoms with Crippen molar-refractivity contribution in [1.82, 2.24) is 9.19 Å². The first-order valence-corrected chi connectivity index (χ1v) is 4.09. The molecule has 0 aromatic carbocycles. The van der Waals surface area contributed by atoms with Crippen LogP contribution in [0.5, 0.6) is 0 Å². The zero-order chi connectivity index (χ0) is 11.0. The largest absolute Gasteiger partial charge is 0.421 e. The summed E-state index contributed by atoms with van der Waals surface area (Å²) in [5.41, 5.74) is -3.52. The molecule has 8 heteroatoms. The second kappa shape index (κ2) is 3.43. The second-order valence-electron chi connectivity index (χ2n) is 2.77. The van der Waals surface area contributed by atoms with Crippen molar-refractivity contribution in [3.05, 3.63) is 18.0 Å². The maximum absolute atomic E-state index is 12.2. The second-order valence-corrected chi connectivity index (χ2v) is 3.28. The van der Waals surface area contributed by atoms with Crippen LogP contribution in [0.2, 0.25) is 0 Å². The van der Waals surface area contributed by atoms with Gasteiger partial charge >= 0.3 is 6.18 Å². The molecule has 1 heterocycles. The first kappa shape index (κ1) is 11.3. The van der Waals surface area contributed by atoms with Crippen LogP contribution < -0.4 is 0 Å². The third-order valence-electron chi connectivity index (χ3n) is 1.74. The Morgan fingerprint density at radius 2 is 2.07 bits per heavy atom. The van der Waals surface area contributed by atoms with Gasteiger partial charge in [-0.1, -0.05) is 0 Å². The molecule has 80 valence electrons. The van der Waals surface area contributed by atoms with Crippen molar-refractivity contribution in [2.75, 3.05) is 0 Å². The molecule has 0 amide bonds. The van der Waals surface area contributed by atoms with Gasteiger partial charge in [-0.15, -0.1) is 3.89 Å². The molecule has 0 bridgehead atoms. The minimum atomic E-state index is -4.82. The number of aromatic nitrogens is 2. The summed E-state index contributed by atoms with van der Waals surface area (Å²) >= 11 is -0.357. The van der Waals surface area contributed by atoms with Gasteiger partial charge in [-0.05, 0) is 6.92 Å². The topological polar surface area (TPSA) is 38.1 Å². The number of alkyl halides is 3. The van der Waals surface area contributed by atoms with Crippen LogP contribution in [0.3, 0.4) is 0 Å². The van der Waals surface area contributed by atoms with E-state index < -0.39 is 17.3 Å². The van der Waals surface area contributed by atoms with E-state index in [9.17, 15) is 17.1 Å². The summed E-state index contributed by atoms with van der Waals surface area (Å²) in [6, 6.07) is 0. The fourth-order valence-corrected chi connectivity index (χ4v) is 0.994. The Morgan fingerprint density at radius 3 is 2.43 bits per heavy atom. The van der Waals surface area contributed by atoms with Crippen LogP contribution in [0.4, 0.5) is 17.1 Å². The van der Waals surface area contributed by atoms with Crippen molar-refractivity contribution < 1.29 is 22.2 Å². The molecule has 1 rings (SSSR count). The van der Waals surface area contributed by atoms with Gasteiger partial charge in [0, 0.05) is 11.8 Å². The SMILES string of the molecule is CC(O)(c1cnn(SF)c1)C(F)(F)F. The average Bonchev–Trinajstić information content (AvgIpc) is 2.49. The third-order valence-corrected chi connectivity index (χ3v) is 2.09. The summed E-state index contributed by atoms with van der Waals surface area (Å²) in [7, 11) is 0. The Kier molecular flexibility index (Phi) is 2.77. The Hall–Kier alpha value is -0.760. The quantitative estimate of drug-likeness (QED) is 0.790. The van der Waals surface area contributed by atoms with Crippen LogP contribution in [0.15, 0.2) is 12.4 Å². The van der Waals surface area contributed by atoms with E-state index in [-0.39, 0.29) is 12.3 Å². The number of aliphatic hydroxyl groups is 1. The summed E-state index contributed by atoms with van der Waals surface area (Å²) < 4.78 is 49.2. The molecule has 0 aliphatic carbocycles. The molecule has 0 aliphatic heterocycles. The lowest BCUT2D eigenvalue weighted by molar-refractivity contribution is -0.258. The van der Waals surface area contributed by atoms with Gasteiger partial charge in [0.1, 0.15) is 0 Å². The van der Waals surface area contributed by atoms with E-state index in [2.05, 4.69) is 5.10 Å². The van der Waals surface area contributed by atoms with Gasteiger partial charge in [-0.3, -0.25) is 0 Å². The molecule has 0 fully saturated rings. The zero-order valence-electron chi connectivity index (χ0n) is 6.92. The lowest BCUT2D eigenvalue weighted by Gasteiger charge is -2.24. The molecular weight excluding hydrogens is 224 g/mol. The van der Waals surface area contributed by atoms with Crippen LogP contribution in [0.1, 0.15) is 12.5 Å². The highest BCUT2D eigenvalue weighted by molar-refractivity contribution is 7.92. The molecule has 1 aromatic rings. The molecule has 1 unspecified atom stereocenters. The van der Waals surface area contributed by atoms with Gasteiger partial charge in [0.25, 0.3) is 0 Å². The zero-order valence-corrected chi connectivity index (χ0v) is 7.73. The van der Waals surface area contributed by atoms with Gasteiger partial charge in [0.15, 0.2) is 17.9 Å². The minimum Gasteiger partial charge on any atom is -0.376 e. The molecule has 0 aliphatic rings. The van der Waals surface area contributed by atoms with E-state index in [0.717, 1.165) is 12.4 Å². The minimum absolute atomic E-state index is 0.357. The number of hydrogen-bond acceptors (Lipinski definition) is 3. The highest BCUT2D eigenvalue weighted by Gasteiger charge is 2.51. The molecule has 0 saturated heterocycles. The van der Waals surface area contributed by atoms with Crippen molar-refractivity contribution in [1.29, 1.82) is 0 Å². The van der Waals surface area contributed by atoms with E-state index >= 15 is 0 Å². The monoisotopic (exact) mass is 230 g/mol. The Labute approximate surface area is 81.1 Å². The number of nitrogens with zero attached hydrogens (tertiary/aromatic N) is 2. The summed E-state index contributed by atoms with van der Waals surface area (Å²) in [6.45, 7) is 0.581. The van der Waals surface area contributed by atoms with Gasteiger partial charge in [0.2, 0.25) is 0 Å². The van der Waals surface area contributed by atoms with Crippen LogP contribution in [0, 0.1) is 0 Å². The van der Waals surface area contributed by atoms with Gasteiger partial charge in [0.05, 0.1) is 6.20 Å². The van der Waals surface area contributed by atoms with E-state index in [1.165, 1.54) is 0 Å². The number of hydrogen-bond donors (Lipinski definition) is 1. The molecular formula is C6H6F4N2OS. The lowest BCUT2D eigenvalue weighted by Crippen LogP contribution is -2.38. The van der Waals surface area contributed by atoms with Gasteiger partial charge in [-0.2, -0.15) is 22.4 Å². The molecule has 1 atom stereocenters. The van der Waals surface area contributed by atoms with E-state index in [0.29, 0.717) is 11.0 Å². The smallest absolute Gasteiger partial charge is 0.376 e. The fourth-order valence-electron chi connectivity index (χ4n) is 0.758. The Balaban J connectivity index is 3.04. The first-order chi connectivity index (χ1) is 6.29. The molecule has 0 spiro atoms. The molecule has 0 radical (unpaired) electrons. The highest BCUT2D eigenvalue weighted by Crippen LogP contribution is 2.38. The van der Waals surface area contributed by atoms with Crippen molar-refractivity contribution in [3.8, 4) is 0 Å². The predicted octanol–water partition coefficient (Wildman–Crippen LogP) is 2.03. The standard InChI is InChI=1S/C6H6F4N2OS/c1-5(13,6(7,8)9)4-2-11-12(3-4)14-10/h2-3,13H,1H3. The molecule has 3 nitrogen and oxygen atoms in total. The molecule has 1 aromatic heterocycles. The summed E-state index contributed by atoms with van der Waals surface area (Å²) in [6.07, 6.45) is -3.28. The van der Waals surface area contributed by atoms with Gasteiger partial charge < -0.3 is 5.11 Å². The van der Waals surface area contributed by atoms with E-state index in [1.807, 2.05) is 0 Å². The number of halogens is 4. The predicted molar refractivity (Wildman–Crippen MR) is 41.9 cm³/mol. The maximum Gasteiger partial charge on any atom is 0.421 e. The van der Waals surface area contributed by atoms with Crippen molar-refractivity contribution in [3.63, 3.8) is 0 Å². The first-order valence-electron chi connectivity index (χ1n) is 3.42. The Bertz CT molecular complexity index is 322. The molecule has 1 N–H and O–H groups in total.